The summed E-state index contributed by atoms with van der Waals surface area (Å²) in [6.45, 7) is 10.6. The molecule has 3 rings (SSSR count). The fraction of sp³-hybridized carbons (Fsp3) is 0.357. The summed E-state index contributed by atoms with van der Waals surface area (Å²) in [5, 5.41) is 4.97. The molecule has 1 heterocycles. The van der Waals surface area contributed by atoms with Gasteiger partial charge in [-0.1, -0.05) is 23.7 Å². The molecule has 0 atom stereocenters. The van der Waals surface area contributed by atoms with Crippen molar-refractivity contribution >= 4 is 17.6 Å². The zero-order valence-electron chi connectivity index (χ0n) is 22.2. The molecule has 11 heteroatoms. The van der Waals surface area contributed by atoms with Crippen LogP contribution in [0, 0.1) is 0 Å². The van der Waals surface area contributed by atoms with E-state index in [1.807, 2.05) is 19.2 Å². The molecule has 2 aromatic carbocycles. The van der Waals surface area contributed by atoms with Gasteiger partial charge in [-0.15, -0.1) is 19.8 Å². The van der Waals surface area contributed by atoms with Crippen LogP contribution in [0.5, 0.6) is 11.5 Å². The van der Waals surface area contributed by atoms with Gasteiger partial charge in [0.1, 0.15) is 11.5 Å². The molecule has 0 spiro atoms. The minimum Gasteiger partial charge on any atom is -0.475 e. The van der Waals surface area contributed by atoms with Crippen molar-refractivity contribution in [3.8, 4) is 22.8 Å². The lowest BCUT2D eigenvalue weighted by atomic mass is 10.1. The lowest BCUT2D eigenvalue weighted by Gasteiger charge is -2.25. The van der Waals surface area contributed by atoms with E-state index in [9.17, 15) is 18.0 Å². The second-order valence-corrected chi connectivity index (χ2v) is 9.74. The molecular weight excluding hydrogens is 535 g/mol. The first kappa shape index (κ1) is 30.0. The number of carbonyl (C=O) groups excluding carboxylic acids is 1. The summed E-state index contributed by atoms with van der Waals surface area (Å²) in [6.07, 6.45) is -3.03. The molecule has 0 aliphatic heterocycles. The van der Waals surface area contributed by atoms with Gasteiger partial charge in [0.05, 0.1) is 29.6 Å². The molecule has 0 amide bonds. The zero-order chi connectivity index (χ0) is 28.8. The van der Waals surface area contributed by atoms with Crippen molar-refractivity contribution in [2.75, 3.05) is 13.7 Å². The fourth-order valence-corrected chi connectivity index (χ4v) is 4.06. The van der Waals surface area contributed by atoms with Gasteiger partial charge in [-0.2, -0.15) is 5.10 Å². The van der Waals surface area contributed by atoms with Crippen LogP contribution in [0.1, 0.15) is 32.0 Å². The van der Waals surface area contributed by atoms with Crippen molar-refractivity contribution < 1.29 is 32.2 Å². The van der Waals surface area contributed by atoms with E-state index in [2.05, 4.69) is 21.3 Å². The highest BCUT2D eigenvalue weighted by Gasteiger charge is 2.32. The van der Waals surface area contributed by atoms with Crippen LogP contribution in [0.3, 0.4) is 0 Å². The molecule has 0 unspecified atom stereocenters. The van der Waals surface area contributed by atoms with Gasteiger partial charge in [-0.25, -0.2) is 4.79 Å². The van der Waals surface area contributed by atoms with Crippen molar-refractivity contribution in [1.82, 2.24) is 14.7 Å². The van der Waals surface area contributed by atoms with E-state index in [1.165, 1.54) is 24.3 Å². The Balaban J connectivity index is 1.70. The molecule has 0 aliphatic carbocycles. The number of halogens is 4. The van der Waals surface area contributed by atoms with Crippen LogP contribution in [0.4, 0.5) is 13.2 Å². The summed E-state index contributed by atoms with van der Waals surface area (Å²) in [6, 6.07) is 12.8. The minimum absolute atomic E-state index is 0.251. The maximum Gasteiger partial charge on any atom is 0.573 e. The number of hydrogen-bond donors (Lipinski definition) is 0. The highest BCUT2D eigenvalue weighted by molar-refractivity contribution is 6.32. The van der Waals surface area contributed by atoms with Gasteiger partial charge in [-0.3, -0.25) is 9.58 Å². The number of rotatable bonds is 12. The molecule has 0 N–H and O–H groups in total. The van der Waals surface area contributed by atoms with Crippen LogP contribution in [0.2, 0.25) is 5.02 Å². The first-order chi connectivity index (χ1) is 18.3. The van der Waals surface area contributed by atoms with Gasteiger partial charge in [-0.05, 0) is 75.8 Å². The number of benzene rings is 2. The molecule has 0 fully saturated rings. The maximum atomic E-state index is 12.5. The van der Waals surface area contributed by atoms with Crippen molar-refractivity contribution in [3.63, 3.8) is 0 Å². The largest absolute Gasteiger partial charge is 0.573 e. The van der Waals surface area contributed by atoms with Crippen LogP contribution < -0.4 is 9.47 Å². The first-order valence-electron chi connectivity index (χ1n) is 12.2. The summed E-state index contributed by atoms with van der Waals surface area (Å²) in [4.78, 5) is 14.2. The molecule has 1 aromatic heterocycles. The van der Waals surface area contributed by atoms with Crippen molar-refractivity contribution in [1.29, 1.82) is 0 Å². The van der Waals surface area contributed by atoms with Crippen molar-refractivity contribution in [2.45, 2.75) is 52.4 Å². The van der Waals surface area contributed by atoms with Gasteiger partial charge in [0.25, 0.3) is 0 Å². The summed E-state index contributed by atoms with van der Waals surface area (Å²) >= 11 is 6.45. The molecular formula is C28H31ClF3N3O4. The molecule has 0 saturated heterocycles. The third-order valence-electron chi connectivity index (χ3n) is 5.56. The third kappa shape index (κ3) is 8.49. The van der Waals surface area contributed by atoms with Gasteiger partial charge in [0.15, 0.2) is 5.60 Å². The lowest BCUT2D eigenvalue weighted by Crippen LogP contribution is -2.39. The highest BCUT2D eigenvalue weighted by Crippen LogP contribution is 2.30. The van der Waals surface area contributed by atoms with E-state index in [0.29, 0.717) is 41.7 Å². The van der Waals surface area contributed by atoms with Gasteiger partial charge in [0.2, 0.25) is 0 Å². The quantitative estimate of drug-likeness (QED) is 0.181. The van der Waals surface area contributed by atoms with E-state index >= 15 is 0 Å². The Morgan fingerprint density at radius 1 is 1.10 bits per heavy atom. The lowest BCUT2D eigenvalue weighted by molar-refractivity contribution is -0.274. The molecule has 7 nitrogen and oxygen atoms in total. The second kappa shape index (κ2) is 12.6. The summed E-state index contributed by atoms with van der Waals surface area (Å²) in [7, 11) is 1.94. The summed E-state index contributed by atoms with van der Waals surface area (Å²) in [5.74, 6) is -0.399. The Labute approximate surface area is 230 Å². The van der Waals surface area contributed by atoms with E-state index in [-0.39, 0.29) is 12.4 Å². The van der Waals surface area contributed by atoms with E-state index in [1.54, 1.807) is 43.7 Å². The smallest absolute Gasteiger partial charge is 0.475 e. The zero-order valence-corrected chi connectivity index (χ0v) is 23.0. The average molecular weight is 566 g/mol. The van der Waals surface area contributed by atoms with Crippen molar-refractivity contribution in [2.24, 2.45) is 0 Å². The Morgan fingerprint density at radius 2 is 1.79 bits per heavy atom. The normalized spacial score (nSPS) is 11.9. The van der Waals surface area contributed by atoms with Gasteiger partial charge >= 0.3 is 12.3 Å². The van der Waals surface area contributed by atoms with E-state index in [0.717, 1.165) is 11.3 Å². The van der Waals surface area contributed by atoms with E-state index in [4.69, 9.17) is 21.1 Å². The summed E-state index contributed by atoms with van der Waals surface area (Å²) < 4.78 is 54.0. The van der Waals surface area contributed by atoms with Crippen LogP contribution in [0.25, 0.3) is 11.3 Å². The van der Waals surface area contributed by atoms with E-state index < -0.39 is 17.9 Å². The number of alkyl halides is 3. The van der Waals surface area contributed by atoms with Crippen LogP contribution in [-0.4, -0.2) is 46.3 Å². The SMILES string of the molecule is C=CCn1nc(-c2ccc(OC(F)(F)F)cc2)cc1CN(C)Cc1ccc(OC(C)(C)C(=O)OCC)c(Cl)c1. The number of nitrogens with zero attached hydrogens (tertiary/aromatic N) is 3. The highest BCUT2D eigenvalue weighted by atomic mass is 35.5. The van der Waals surface area contributed by atoms with Crippen LogP contribution in [0.15, 0.2) is 61.2 Å². The molecule has 39 heavy (non-hydrogen) atoms. The minimum atomic E-state index is -4.75. The van der Waals surface area contributed by atoms with Crippen LogP contribution in [-0.2, 0) is 29.2 Å². The molecule has 0 radical (unpaired) electrons. The van der Waals surface area contributed by atoms with Crippen LogP contribution >= 0.6 is 11.6 Å². The number of ether oxygens (including phenoxy) is 3. The molecule has 3 aromatic rings. The van der Waals surface area contributed by atoms with Crippen molar-refractivity contribution in [3.05, 3.63) is 77.5 Å². The number of hydrogen-bond acceptors (Lipinski definition) is 6. The summed E-state index contributed by atoms with van der Waals surface area (Å²) in [5.41, 5.74) is 1.91. The number of esters is 1. The van der Waals surface area contributed by atoms with Gasteiger partial charge in [0, 0.05) is 18.7 Å². The molecule has 0 bridgehead atoms. The Hall–Kier alpha value is -3.50. The number of allylic oxidation sites excluding steroid dienone is 1. The Kier molecular flexibility index (Phi) is 9.68. The predicted octanol–water partition coefficient (Wildman–Crippen LogP) is 6.64. The Morgan fingerprint density at radius 3 is 2.38 bits per heavy atom. The number of carbonyl (C=O) groups is 1. The monoisotopic (exact) mass is 565 g/mol. The second-order valence-electron chi connectivity index (χ2n) is 9.33. The Bertz CT molecular complexity index is 1290. The fourth-order valence-electron chi connectivity index (χ4n) is 3.82. The first-order valence-corrected chi connectivity index (χ1v) is 12.6. The third-order valence-corrected chi connectivity index (χ3v) is 5.86. The number of aromatic nitrogens is 2. The standard InChI is InChI=1S/C28H31ClF3N3O4/c1-6-14-35-21(16-24(33-35)20-9-11-22(12-10-20)38-28(30,31)32)18-34(5)17-19-8-13-25(23(29)15-19)39-27(3,4)26(36)37-7-2/h6,8-13,15-16H,1,7,14,17-18H2,2-5H3. The molecule has 0 saturated carbocycles. The maximum absolute atomic E-state index is 12.5. The predicted molar refractivity (Wildman–Crippen MR) is 143 cm³/mol. The topological polar surface area (TPSA) is 65.8 Å². The molecule has 0 aliphatic rings. The average Bonchev–Trinajstić information content (AvgIpc) is 3.22. The molecule has 210 valence electrons. The van der Waals surface area contributed by atoms with Gasteiger partial charge < -0.3 is 14.2 Å².